The second-order valence-corrected chi connectivity index (χ2v) is 7.16. The van der Waals surface area contributed by atoms with Gasteiger partial charge in [0.15, 0.2) is 0 Å². The maximum absolute atomic E-state index is 11.2. The normalized spacial score (nSPS) is 51.6. The first-order chi connectivity index (χ1) is 7.42. The van der Waals surface area contributed by atoms with Crippen LogP contribution in [0.4, 0.5) is 0 Å². The van der Waals surface area contributed by atoms with E-state index < -0.39 is 16.4 Å². The number of aliphatic hydroxyl groups is 1. The lowest BCUT2D eigenvalue weighted by molar-refractivity contribution is -0.171. The molecule has 3 nitrogen and oxygen atoms in total. The number of aliphatic carboxylic acids is 1. The molecule has 3 atom stereocenters. The fourth-order valence-corrected chi connectivity index (χ4v) is 5.38. The first kappa shape index (κ1) is 11.0. The molecule has 0 amide bonds. The molecule has 0 aromatic carbocycles. The molecule has 4 fully saturated rings. The van der Waals surface area contributed by atoms with Gasteiger partial charge >= 0.3 is 5.97 Å². The van der Waals surface area contributed by atoms with Crippen LogP contribution in [0.1, 0.15) is 38.5 Å². The van der Waals surface area contributed by atoms with E-state index in [0.717, 1.165) is 25.7 Å². The van der Waals surface area contributed by atoms with E-state index in [1.165, 1.54) is 6.42 Å². The molecule has 0 aliphatic heterocycles. The summed E-state index contributed by atoms with van der Waals surface area (Å²) in [6, 6.07) is 0. The highest BCUT2D eigenvalue weighted by Gasteiger charge is 2.60. The number of hydrogen-bond acceptors (Lipinski definition) is 2. The third-order valence-corrected chi connectivity index (χ3v) is 6.19. The Balaban J connectivity index is 1.94. The van der Waals surface area contributed by atoms with E-state index in [1.807, 2.05) is 0 Å². The van der Waals surface area contributed by atoms with Gasteiger partial charge in [0.05, 0.1) is 5.60 Å². The summed E-state index contributed by atoms with van der Waals surface area (Å²) in [7, 11) is 0. The summed E-state index contributed by atoms with van der Waals surface area (Å²) in [6.45, 7) is 0. The van der Waals surface area contributed by atoms with Crippen LogP contribution in [-0.2, 0) is 4.79 Å². The Morgan fingerprint density at radius 3 is 2.25 bits per heavy atom. The fourth-order valence-electron chi connectivity index (χ4n) is 4.84. The minimum Gasteiger partial charge on any atom is -0.480 e. The zero-order valence-electron chi connectivity index (χ0n) is 9.16. The monoisotopic (exact) mass is 288 g/mol. The van der Waals surface area contributed by atoms with Gasteiger partial charge in [-0.25, -0.2) is 0 Å². The predicted molar refractivity (Wildman–Crippen MR) is 62.4 cm³/mol. The maximum Gasteiger partial charge on any atom is 0.317 e. The predicted octanol–water partition coefficient (Wildman–Crippen LogP) is 2.17. The van der Waals surface area contributed by atoms with Gasteiger partial charge in [-0.05, 0) is 55.8 Å². The highest BCUT2D eigenvalue weighted by Crippen LogP contribution is 2.63. The summed E-state index contributed by atoms with van der Waals surface area (Å²) in [5.74, 6) is 0.321. The molecule has 0 aromatic rings. The largest absolute Gasteiger partial charge is 0.480 e. The van der Waals surface area contributed by atoms with Crippen LogP contribution >= 0.6 is 15.9 Å². The van der Waals surface area contributed by atoms with Crippen LogP contribution in [0.25, 0.3) is 0 Å². The Bertz CT molecular complexity index is 327. The summed E-state index contributed by atoms with van der Waals surface area (Å²) in [4.78, 5) is 10.7. The quantitative estimate of drug-likeness (QED) is 0.766. The van der Waals surface area contributed by atoms with Crippen molar-refractivity contribution in [1.82, 2.24) is 0 Å². The van der Waals surface area contributed by atoms with E-state index in [-0.39, 0.29) is 5.41 Å². The Morgan fingerprint density at radius 1 is 1.25 bits per heavy atom. The Morgan fingerprint density at radius 2 is 1.81 bits per heavy atom. The zero-order valence-corrected chi connectivity index (χ0v) is 10.7. The minimum absolute atomic E-state index is 0.190. The number of carboxylic acids is 1. The van der Waals surface area contributed by atoms with Gasteiger partial charge in [-0.2, -0.15) is 0 Å². The van der Waals surface area contributed by atoms with Gasteiger partial charge in [0.2, 0.25) is 0 Å². The topological polar surface area (TPSA) is 57.5 Å². The molecule has 90 valence electrons. The summed E-state index contributed by atoms with van der Waals surface area (Å²) in [6.07, 6.45) is 5.62. The molecule has 0 heterocycles. The van der Waals surface area contributed by atoms with Crippen LogP contribution in [0.3, 0.4) is 0 Å². The van der Waals surface area contributed by atoms with Gasteiger partial charge in [0, 0.05) is 0 Å². The molecule has 4 heteroatoms. The molecule has 4 bridgehead atoms. The van der Waals surface area contributed by atoms with Crippen molar-refractivity contribution < 1.29 is 15.0 Å². The van der Waals surface area contributed by atoms with E-state index in [2.05, 4.69) is 15.9 Å². The molecule has 4 rings (SSSR count). The molecular formula is C12H17BrO3. The summed E-state index contributed by atoms with van der Waals surface area (Å²) < 4.78 is 0. The highest BCUT2D eigenvalue weighted by atomic mass is 79.9. The van der Waals surface area contributed by atoms with Crippen LogP contribution in [0.2, 0.25) is 0 Å². The molecule has 0 unspecified atom stereocenters. The SMILES string of the molecule is O=C(O)[C@H](Br)C12C[C@H]3C[C@@H](CC(O)(C3)C1)C2. The van der Waals surface area contributed by atoms with Crippen molar-refractivity contribution in [2.24, 2.45) is 17.3 Å². The Kier molecular flexibility index (Phi) is 2.22. The van der Waals surface area contributed by atoms with Gasteiger partial charge in [0.25, 0.3) is 0 Å². The number of carbonyl (C=O) groups is 1. The van der Waals surface area contributed by atoms with Crippen LogP contribution in [0, 0.1) is 17.3 Å². The molecule has 4 saturated carbocycles. The molecule has 0 radical (unpaired) electrons. The third kappa shape index (κ3) is 1.46. The summed E-state index contributed by atoms with van der Waals surface area (Å²) >= 11 is 3.34. The average Bonchev–Trinajstić information content (AvgIpc) is 2.12. The van der Waals surface area contributed by atoms with E-state index in [0.29, 0.717) is 18.3 Å². The van der Waals surface area contributed by atoms with Crippen molar-refractivity contribution in [3.63, 3.8) is 0 Å². The van der Waals surface area contributed by atoms with Gasteiger partial charge in [0.1, 0.15) is 4.83 Å². The number of rotatable bonds is 2. The summed E-state index contributed by atoms with van der Waals surface area (Å²) in [5.41, 5.74) is -0.754. The lowest BCUT2D eigenvalue weighted by Crippen LogP contribution is -2.59. The van der Waals surface area contributed by atoms with Crippen molar-refractivity contribution in [3.8, 4) is 0 Å². The standard InChI is InChI=1S/C12H17BrO3/c13-9(10(14)15)11-2-7-1-8(3-11)5-12(16,4-7)6-11/h7-9,16H,1-6H2,(H,14,15)/t7-,8-,9+,11?,12?/m1/s1. The van der Waals surface area contributed by atoms with Gasteiger partial charge < -0.3 is 10.2 Å². The Labute approximate surface area is 103 Å². The molecule has 16 heavy (non-hydrogen) atoms. The lowest BCUT2D eigenvalue weighted by Gasteiger charge is -2.61. The van der Waals surface area contributed by atoms with Gasteiger partial charge in [-0.3, -0.25) is 4.79 Å². The summed E-state index contributed by atoms with van der Waals surface area (Å²) in [5, 5.41) is 19.7. The van der Waals surface area contributed by atoms with Crippen molar-refractivity contribution in [2.45, 2.75) is 49.0 Å². The fraction of sp³-hybridized carbons (Fsp3) is 0.917. The molecule has 0 saturated heterocycles. The molecular weight excluding hydrogens is 272 g/mol. The minimum atomic E-state index is -0.773. The van der Waals surface area contributed by atoms with Crippen molar-refractivity contribution >= 4 is 21.9 Å². The van der Waals surface area contributed by atoms with Gasteiger partial charge in [-0.1, -0.05) is 15.9 Å². The van der Waals surface area contributed by atoms with Crippen LogP contribution in [0.15, 0.2) is 0 Å². The maximum atomic E-state index is 11.2. The molecule has 0 spiro atoms. The van der Waals surface area contributed by atoms with E-state index >= 15 is 0 Å². The molecule has 4 aliphatic carbocycles. The number of carboxylic acid groups (broad SMARTS) is 1. The number of hydrogen-bond donors (Lipinski definition) is 2. The number of alkyl halides is 1. The zero-order chi connectivity index (χ0) is 11.6. The van der Waals surface area contributed by atoms with E-state index in [1.54, 1.807) is 0 Å². The van der Waals surface area contributed by atoms with Crippen molar-refractivity contribution in [1.29, 1.82) is 0 Å². The number of halogens is 1. The molecule has 2 N–H and O–H groups in total. The van der Waals surface area contributed by atoms with Crippen molar-refractivity contribution in [3.05, 3.63) is 0 Å². The second kappa shape index (κ2) is 3.22. The van der Waals surface area contributed by atoms with Gasteiger partial charge in [-0.15, -0.1) is 0 Å². The van der Waals surface area contributed by atoms with Crippen LogP contribution in [0.5, 0.6) is 0 Å². The van der Waals surface area contributed by atoms with E-state index in [4.69, 9.17) is 0 Å². The molecule has 4 aliphatic rings. The highest BCUT2D eigenvalue weighted by molar-refractivity contribution is 9.10. The first-order valence-corrected chi connectivity index (χ1v) is 6.93. The molecule has 0 aromatic heterocycles. The average molecular weight is 289 g/mol. The lowest BCUT2D eigenvalue weighted by atomic mass is 9.47. The smallest absolute Gasteiger partial charge is 0.317 e. The van der Waals surface area contributed by atoms with Crippen LogP contribution < -0.4 is 0 Å². The van der Waals surface area contributed by atoms with Crippen LogP contribution in [-0.4, -0.2) is 26.6 Å². The third-order valence-electron chi connectivity index (χ3n) is 4.83. The first-order valence-electron chi connectivity index (χ1n) is 6.02. The Hall–Kier alpha value is -0.0900. The van der Waals surface area contributed by atoms with Crippen molar-refractivity contribution in [2.75, 3.05) is 0 Å². The second-order valence-electron chi connectivity index (χ2n) is 6.25. The van der Waals surface area contributed by atoms with E-state index in [9.17, 15) is 15.0 Å².